The summed E-state index contributed by atoms with van der Waals surface area (Å²) >= 11 is 0. The van der Waals surface area contributed by atoms with Crippen molar-refractivity contribution in [1.29, 1.82) is 0 Å². The number of likely N-dealkylation sites (tertiary alicyclic amines) is 1. The Hall–Kier alpha value is -0.570. The first kappa shape index (κ1) is 12.9. The molecule has 2 fully saturated rings. The van der Waals surface area contributed by atoms with E-state index in [2.05, 4.69) is 18.9 Å². The van der Waals surface area contributed by atoms with Crippen molar-refractivity contribution in [2.45, 2.75) is 45.1 Å². The third-order valence-corrected chi connectivity index (χ3v) is 4.86. The molecule has 1 saturated carbocycles. The molecule has 1 aliphatic carbocycles. The predicted octanol–water partition coefficient (Wildman–Crippen LogP) is 1.98. The van der Waals surface area contributed by atoms with Crippen molar-refractivity contribution in [1.82, 2.24) is 9.80 Å². The molecule has 1 unspecified atom stereocenters. The summed E-state index contributed by atoms with van der Waals surface area (Å²) in [5.74, 6) is 1.43. The monoisotopic (exact) mass is 238 g/mol. The summed E-state index contributed by atoms with van der Waals surface area (Å²) < 4.78 is 0. The number of carbonyl (C=O) groups is 1. The van der Waals surface area contributed by atoms with Crippen LogP contribution in [0, 0.1) is 11.8 Å². The normalized spacial score (nSPS) is 25.4. The predicted molar refractivity (Wildman–Crippen MR) is 69.8 cm³/mol. The fraction of sp³-hybridized carbons (Fsp3) is 0.929. The number of carbonyl (C=O) groups excluding carboxylic acids is 1. The number of hydrogen-bond donors (Lipinski definition) is 0. The highest BCUT2D eigenvalue weighted by molar-refractivity contribution is 5.79. The van der Waals surface area contributed by atoms with Gasteiger partial charge in [0, 0.05) is 19.0 Å². The van der Waals surface area contributed by atoms with Gasteiger partial charge in [-0.1, -0.05) is 6.42 Å². The first-order valence-electron chi connectivity index (χ1n) is 7.05. The molecule has 0 radical (unpaired) electrons. The van der Waals surface area contributed by atoms with Crippen molar-refractivity contribution >= 4 is 5.91 Å². The van der Waals surface area contributed by atoms with E-state index in [0.717, 1.165) is 12.8 Å². The molecule has 1 saturated heterocycles. The molecule has 0 aromatic heterocycles. The van der Waals surface area contributed by atoms with Gasteiger partial charge in [-0.05, 0) is 58.7 Å². The molecule has 0 aromatic carbocycles. The van der Waals surface area contributed by atoms with Crippen molar-refractivity contribution in [3.05, 3.63) is 0 Å². The van der Waals surface area contributed by atoms with Gasteiger partial charge in [0.15, 0.2) is 0 Å². The van der Waals surface area contributed by atoms with Gasteiger partial charge in [0.05, 0.1) is 0 Å². The Bertz CT molecular complexity index is 267. The van der Waals surface area contributed by atoms with E-state index in [0.29, 0.717) is 23.8 Å². The van der Waals surface area contributed by atoms with Crippen LogP contribution in [-0.2, 0) is 4.79 Å². The number of amides is 1. The molecule has 2 aliphatic rings. The Balaban J connectivity index is 1.85. The average molecular weight is 238 g/mol. The van der Waals surface area contributed by atoms with E-state index < -0.39 is 0 Å². The van der Waals surface area contributed by atoms with Crippen molar-refractivity contribution in [2.75, 3.05) is 27.2 Å². The lowest BCUT2D eigenvalue weighted by Gasteiger charge is -2.39. The lowest BCUT2D eigenvalue weighted by molar-refractivity contribution is -0.140. The SMILES string of the molecule is CC(C1CCN(C)CC1)N(C)C(=O)C1CCC1. The minimum atomic E-state index is 0.341. The highest BCUT2D eigenvalue weighted by atomic mass is 16.2. The molecule has 1 aliphatic heterocycles. The van der Waals surface area contributed by atoms with Gasteiger partial charge in [-0.15, -0.1) is 0 Å². The van der Waals surface area contributed by atoms with E-state index >= 15 is 0 Å². The molecule has 2 rings (SSSR count). The lowest BCUT2D eigenvalue weighted by atomic mass is 9.83. The zero-order valence-corrected chi connectivity index (χ0v) is 11.5. The van der Waals surface area contributed by atoms with Crippen LogP contribution >= 0.6 is 0 Å². The van der Waals surface area contributed by atoms with Crippen LogP contribution in [-0.4, -0.2) is 48.9 Å². The van der Waals surface area contributed by atoms with Crippen molar-refractivity contribution in [3.63, 3.8) is 0 Å². The Morgan fingerprint density at radius 1 is 1.24 bits per heavy atom. The molecule has 17 heavy (non-hydrogen) atoms. The Kier molecular flexibility index (Phi) is 4.08. The van der Waals surface area contributed by atoms with Crippen molar-refractivity contribution < 1.29 is 4.79 Å². The molecule has 98 valence electrons. The third kappa shape index (κ3) is 2.82. The molecule has 0 aromatic rings. The maximum Gasteiger partial charge on any atom is 0.225 e. The van der Waals surface area contributed by atoms with E-state index in [9.17, 15) is 4.79 Å². The van der Waals surface area contributed by atoms with Crippen molar-refractivity contribution in [3.8, 4) is 0 Å². The molecule has 1 amide bonds. The zero-order valence-electron chi connectivity index (χ0n) is 11.5. The van der Waals surface area contributed by atoms with Gasteiger partial charge >= 0.3 is 0 Å². The molecule has 3 nitrogen and oxygen atoms in total. The van der Waals surface area contributed by atoms with Gasteiger partial charge in [0.2, 0.25) is 5.91 Å². The molecule has 1 heterocycles. The molecule has 1 atom stereocenters. The highest BCUT2D eigenvalue weighted by Crippen LogP contribution is 2.30. The zero-order chi connectivity index (χ0) is 12.4. The summed E-state index contributed by atoms with van der Waals surface area (Å²) in [4.78, 5) is 16.6. The molecule has 0 N–H and O–H groups in total. The number of rotatable bonds is 3. The number of nitrogens with zero attached hydrogens (tertiary/aromatic N) is 2. The second-order valence-electron chi connectivity index (χ2n) is 5.96. The van der Waals surface area contributed by atoms with E-state index in [1.807, 2.05) is 11.9 Å². The number of piperidine rings is 1. The van der Waals surface area contributed by atoms with Crippen LogP contribution in [0.4, 0.5) is 0 Å². The van der Waals surface area contributed by atoms with Crippen LogP contribution in [0.3, 0.4) is 0 Å². The summed E-state index contributed by atoms with van der Waals surface area (Å²) in [5, 5.41) is 0. The van der Waals surface area contributed by atoms with E-state index in [1.54, 1.807) is 0 Å². The van der Waals surface area contributed by atoms with E-state index in [4.69, 9.17) is 0 Å². The Morgan fingerprint density at radius 2 is 1.82 bits per heavy atom. The largest absolute Gasteiger partial charge is 0.343 e. The molecular weight excluding hydrogens is 212 g/mol. The second-order valence-corrected chi connectivity index (χ2v) is 5.96. The molecule has 0 bridgehead atoms. The van der Waals surface area contributed by atoms with Crippen LogP contribution in [0.1, 0.15) is 39.0 Å². The quantitative estimate of drug-likeness (QED) is 0.750. The van der Waals surface area contributed by atoms with Crippen LogP contribution in [0.2, 0.25) is 0 Å². The first-order chi connectivity index (χ1) is 8.09. The molecule has 3 heteroatoms. The maximum atomic E-state index is 12.2. The van der Waals surface area contributed by atoms with Crippen molar-refractivity contribution in [2.24, 2.45) is 11.8 Å². The second kappa shape index (κ2) is 5.38. The standard InChI is InChI=1S/C14H26N2O/c1-11(12-7-9-15(2)10-8-12)16(3)14(17)13-5-4-6-13/h11-13H,4-10H2,1-3H3. The highest BCUT2D eigenvalue weighted by Gasteiger charge is 2.33. The van der Waals surface area contributed by atoms with Gasteiger partial charge in [0.25, 0.3) is 0 Å². The van der Waals surface area contributed by atoms with Crippen LogP contribution < -0.4 is 0 Å². The Labute approximate surface area is 105 Å². The smallest absolute Gasteiger partial charge is 0.225 e. The van der Waals surface area contributed by atoms with E-state index in [-0.39, 0.29) is 0 Å². The van der Waals surface area contributed by atoms with Gasteiger partial charge in [-0.25, -0.2) is 0 Å². The van der Waals surface area contributed by atoms with Crippen LogP contribution in [0.25, 0.3) is 0 Å². The van der Waals surface area contributed by atoms with E-state index in [1.165, 1.54) is 32.4 Å². The topological polar surface area (TPSA) is 23.6 Å². The summed E-state index contributed by atoms with van der Waals surface area (Å²) in [5.41, 5.74) is 0. The maximum absolute atomic E-state index is 12.2. The summed E-state index contributed by atoms with van der Waals surface area (Å²) in [7, 11) is 4.19. The molecular formula is C14H26N2O. The first-order valence-corrected chi connectivity index (χ1v) is 7.05. The van der Waals surface area contributed by atoms with Crippen LogP contribution in [0.5, 0.6) is 0 Å². The molecule has 0 spiro atoms. The van der Waals surface area contributed by atoms with Gasteiger partial charge in [0.1, 0.15) is 0 Å². The van der Waals surface area contributed by atoms with Gasteiger partial charge < -0.3 is 9.80 Å². The number of hydrogen-bond acceptors (Lipinski definition) is 2. The summed E-state index contributed by atoms with van der Waals surface area (Å²) in [6, 6.07) is 0.414. The lowest BCUT2D eigenvalue weighted by Crippen LogP contribution is -2.47. The fourth-order valence-electron chi connectivity index (χ4n) is 2.97. The summed E-state index contributed by atoms with van der Waals surface area (Å²) in [6.45, 7) is 4.59. The average Bonchev–Trinajstić information content (AvgIpc) is 2.25. The van der Waals surface area contributed by atoms with Crippen LogP contribution in [0.15, 0.2) is 0 Å². The fourth-order valence-corrected chi connectivity index (χ4v) is 2.97. The summed E-state index contributed by atoms with van der Waals surface area (Å²) in [6.07, 6.45) is 5.94. The van der Waals surface area contributed by atoms with Gasteiger partial charge in [-0.3, -0.25) is 4.79 Å². The minimum absolute atomic E-state index is 0.341. The van der Waals surface area contributed by atoms with Gasteiger partial charge in [-0.2, -0.15) is 0 Å². The Morgan fingerprint density at radius 3 is 2.29 bits per heavy atom. The minimum Gasteiger partial charge on any atom is -0.343 e. The third-order valence-electron chi connectivity index (χ3n) is 4.86.